The van der Waals surface area contributed by atoms with Gasteiger partial charge in [-0.2, -0.15) is 0 Å². The van der Waals surface area contributed by atoms with E-state index in [0.717, 1.165) is 58.0 Å². The molecule has 4 aromatic rings. The Hall–Kier alpha value is -3.91. The van der Waals surface area contributed by atoms with Crippen LogP contribution >= 0.6 is 0 Å². The van der Waals surface area contributed by atoms with Crippen molar-refractivity contribution in [1.29, 1.82) is 0 Å². The summed E-state index contributed by atoms with van der Waals surface area (Å²) in [4.78, 5) is 29.2. The van der Waals surface area contributed by atoms with Crippen molar-refractivity contribution in [2.24, 2.45) is 5.73 Å². The lowest BCUT2D eigenvalue weighted by molar-refractivity contribution is -0.117. The minimum Gasteiger partial charge on any atom is -0.377 e. The van der Waals surface area contributed by atoms with Gasteiger partial charge in [0.05, 0.1) is 37.6 Å². The highest BCUT2D eigenvalue weighted by Crippen LogP contribution is 2.37. The number of aromatic amines is 1. The smallest absolute Gasteiger partial charge is 0.221 e. The van der Waals surface area contributed by atoms with E-state index in [9.17, 15) is 4.79 Å². The Morgan fingerprint density at radius 2 is 2.06 bits per heavy atom. The number of carbonyl (C=O) groups excluding carboxylic acids is 1. The van der Waals surface area contributed by atoms with E-state index < -0.39 is 0 Å². The molecule has 6 rings (SSSR count). The van der Waals surface area contributed by atoms with Crippen molar-refractivity contribution in [2.45, 2.75) is 19.0 Å². The van der Waals surface area contributed by atoms with Crippen LogP contribution in [0.4, 0.5) is 11.5 Å². The number of fused-ring (bicyclic) bond motifs is 4. The van der Waals surface area contributed by atoms with Crippen molar-refractivity contribution in [3.8, 4) is 11.4 Å². The fourth-order valence-electron chi connectivity index (χ4n) is 5.06. The second-order valence-corrected chi connectivity index (χ2v) is 8.91. The zero-order chi connectivity index (χ0) is 23.1. The molecule has 0 spiro atoms. The molecule has 0 aliphatic carbocycles. The van der Waals surface area contributed by atoms with Crippen molar-refractivity contribution in [3.63, 3.8) is 0 Å². The minimum absolute atomic E-state index is 0.223. The number of hydrogen-bond donors (Lipinski definition) is 2. The van der Waals surface area contributed by atoms with E-state index in [0.29, 0.717) is 19.8 Å². The first-order valence-corrected chi connectivity index (χ1v) is 11.5. The summed E-state index contributed by atoms with van der Waals surface area (Å²) >= 11 is 0. The van der Waals surface area contributed by atoms with Crippen LogP contribution in [0.2, 0.25) is 0 Å². The lowest BCUT2D eigenvalue weighted by Crippen LogP contribution is -2.55. The number of nitrogens with one attached hydrogen (secondary N) is 1. The van der Waals surface area contributed by atoms with Gasteiger partial charge in [0.1, 0.15) is 0 Å². The maximum atomic E-state index is 11.4. The Morgan fingerprint density at radius 1 is 1.18 bits per heavy atom. The minimum atomic E-state index is -0.325. The first-order valence-electron chi connectivity index (χ1n) is 11.5. The molecule has 8 nitrogen and oxygen atoms in total. The number of carbonyl (C=O) groups is 1. The average Bonchev–Trinajstić information content (AvgIpc) is 3.33. The van der Waals surface area contributed by atoms with E-state index in [-0.39, 0.29) is 18.4 Å². The van der Waals surface area contributed by atoms with Gasteiger partial charge in [-0.3, -0.25) is 4.79 Å². The summed E-state index contributed by atoms with van der Waals surface area (Å²) in [6.45, 7) is 3.69. The number of benzene rings is 2. The summed E-state index contributed by atoms with van der Waals surface area (Å²) in [5.74, 6) is 1.35. The third kappa shape index (κ3) is 3.76. The molecule has 8 heteroatoms. The number of amides is 1. The van der Waals surface area contributed by atoms with E-state index in [2.05, 4.69) is 45.1 Å². The van der Waals surface area contributed by atoms with Crippen molar-refractivity contribution in [2.75, 3.05) is 36.1 Å². The molecule has 2 aromatic heterocycles. The van der Waals surface area contributed by atoms with E-state index >= 15 is 0 Å². The monoisotopic (exact) mass is 454 g/mol. The molecule has 0 bridgehead atoms. The Kier molecular flexibility index (Phi) is 5.15. The van der Waals surface area contributed by atoms with Gasteiger partial charge in [-0.25, -0.2) is 9.97 Å². The van der Waals surface area contributed by atoms with Gasteiger partial charge in [-0.1, -0.05) is 36.4 Å². The van der Waals surface area contributed by atoms with E-state index in [1.807, 2.05) is 30.6 Å². The van der Waals surface area contributed by atoms with Crippen LogP contribution < -0.4 is 15.5 Å². The zero-order valence-corrected chi connectivity index (χ0v) is 18.8. The Balaban J connectivity index is 1.39. The molecule has 4 heterocycles. The van der Waals surface area contributed by atoms with Crippen molar-refractivity contribution >= 4 is 28.3 Å². The largest absolute Gasteiger partial charge is 0.377 e. The van der Waals surface area contributed by atoms with Gasteiger partial charge >= 0.3 is 0 Å². The van der Waals surface area contributed by atoms with E-state index in [1.165, 1.54) is 0 Å². The highest BCUT2D eigenvalue weighted by molar-refractivity contribution is 5.93. The molecule has 3 N–H and O–H groups in total. The third-order valence-electron chi connectivity index (χ3n) is 6.60. The van der Waals surface area contributed by atoms with E-state index in [4.69, 9.17) is 20.4 Å². The summed E-state index contributed by atoms with van der Waals surface area (Å²) in [6, 6.07) is 16.5. The van der Waals surface area contributed by atoms with Gasteiger partial charge in [0.25, 0.3) is 0 Å². The maximum Gasteiger partial charge on any atom is 0.221 e. The molecule has 1 amide bonds. The Labute approximate surface area is 197 Å². The first kappa shape index (κ1) is 20.7. The van der Waals surface area contributed by atoms with E-state index in [1.54, 1.807) is 0 Å². The van der Waals surface area contributed by atoms with Crippen molar-refractivity contribution < 1.29 is 9.53 Å². The van der Waals surface area contributed by atoms with Crippen LogP contribution in [0.15, 0.2) is 60.9 Å². The van der Waals surface area contributed by atoms with Crippen LogP contribution in [0, 0.1) is 0 Å². The second kappa shape index (κ2) is 8.46. The molecule has 0 radical (unpaired) electrons. The number of ether oxygens (including phenoxy) is 1. The van der Waals surface area contributed by atoms with Gasteiger partial charge in [0.15, 0.2) is 11.6 Å². The fourth-order valence-corrected chi connectivity index (χ4v) is 5.06. The predicted molar refractivity (Wildman–Crippen MR) is 132 cm³/mol. The standard InChI is InChI=1S/C26H26N6O2/c27-24(33)12-17-3-1-4-18(11-17)14-31-15-19-16-34-10-9-32(19)26-23(31)13-29-25(30-26)21-5-2-6-22-20(21)7-8-28-22/h1-8,11,13,19,28H,9-10,12,14-16H2,(H2,27,33). The van der Waals surface area contributed by atoms with Crippen LogP contribution in [0.5, 0.6) is 0 Å². The number of primary amides is 1. The number of anilines is 2. The zero-order valence-electron chi connectivity index (χ0n) is 18.8. The van der Waals surface area contributed by atoms with Gasteiger partial charge in [-0.05, 0) is 23.3 Å². The number of hydrogen-bond acceptors (Lipinski definition) is 6. The molecular weight excluding hydrogens is 428 g/mol. The molecule has 1 atom stereocenters. The molecule has 34 heavy (non-hydrogen) atoms. The summed E-state index contributed by atoms with van der Waals surface area (Å²) < 4.78 is 5.81. The quantitative estimate of drug-likeness (QED) is 0.481. The molecular formula is C26H26N6O2. The van der Waals surface area contributed by atoms with Gasteiger partial charge in [0, 0.05) is 42.3 Å². The van der Waals surface area contributed by atoms with Crippen LogP contribution in [0.1, 0.15) is 11.1 Å². The lowest BCUT2D eigenvalue weighted by Gasteiger charge is -2.45. The number of nitrogens with two attached hydrogens (primary N) is 1. The first-order chi connectivity index (χ1) is 16.7. The molecule has 2 aliphatic rings. The summed E-state index contributed by atoms with van der Waals surface area (Å²) in [6.07, 6.45) is 4.13. The molecule has 2 aliphatic heterocycles. The number of nitrogens with zero attached hydrogens (tertiary/aromatic N) is 4. The third-order valence-corrected chi connectivity index (χ3v) is 6.60. The number of H-pyrrole nitrogens is 1. The highest BCUT2D eigenvalue weighted by atomic mass is 16.5. The molecule has 2 aromatic carbocycles. The molecule has 0 saturated carbocycles. The summed E-state index contributed by atoms with van der Waals surface area (Å²) in [5, 5.41) is 1.11. The van der Waals surface area contributed by atoms with Crippen LogP contribution in [-0.2, 0) is 22.5 Å². The van der Waals surface area contributed by atoms with Crippen LogP contribution in [-0.4, -0.2) is 53.2 Å². The molecule has 1 unspecified atom stereocenters. The fraction of sp³-hybridized carbons (Fsp3) is 0.269. The van der Waals surface area contributed by atoms with Crippen LogP contribution in [0.3, 0.4) is 0 Å². The maximum absolute atomic E-state index is 11.4. The molecule has 1 fully saturated rings. The van der Waals surface area contributed by atoms with Crippen molar-refractivity contribution in [1.82, 2.24) is 15.0 Å². The Morgan fingerprint density at radius 3 is 2.97 bits per heavy atom. The Bertz CT molecular complexity index is 1370. The summed E-state index contributed by atoms with van der Waals surface area (Å²) in [7, 11) is 0. The second-order valence-electron chi connectivity index (χ2n) is 8.91. The highest BCUT2D eigenvalue weighted by Gasteiger charge is 2.35. The number of rotatable bonds is 5. The lowest BCUT2D eigenvalue weighted by atomic mass is 10.1. The molecule has 1 saturated heterocycles. The normalized spacial score (nSPS) is 17.5. The van der Waals surface area contributed by atoms with Gasteiger partial charge in [-0.15, -0.1) is 0 Å². The number of morpholine rings is 1. The van der Waals surface area contributed by atoms with Gasteiger partial charge < -0.3 is 25.3 Å². The average molecular weight is 455 g/mol. The SMILES string of the molecule is NC(=O)Cc1cccc(CN2CC3COCCN3c3nc(-c4cccc5[nH]ccc45)ncc32)c1. The van der Waals surface area contributed by atoms with Crippen molar-refractivity contribution in [3.05, 3.63) is 72.1 Å². The molecule has 172 valence electrons. The summed E-state index contributed by atoms with van der Waals surface area (Å²) in [5.41, 5.74) is 10.5. The number of aromatic nitrogens is 3. The van der Waals surface area contributed by atoms with Gasteiger partial charge in [0.2, 0.25) is 5.91 Å². The predicted octanol–water partition coefficient (Wildman–Crippen LogP) is 2.88. The van der Waals surface area contributed by atoms with Crippen LogP contribution in [0.25, 0.3) is 22.3 Å². The topological polar surface area (TPSA) is 100 Å².